The summed E-state index contributed by atoms with van der Waals surface area (Å²) in [5, 5.41) is 14.6. The van der Waals surface area contributed by atoms with Crippen molar-refractivity contribution in [3.8, 4) is 0 Å². The Morgan fingerprint density at radius 2 is 2.00 bits per heavy atom. The summed E-state index contributed by atoms with van der Waals surface area (Å²) >= 11 is 0. The SMILES string of the molecule is Cc1cc(N(C)CC2(CO)CCOCC2)n2nc(C)c(C)c2n1. The first kappa shape index (κ1) is 16.2. The van der Waals surface area contributed by atoms with Crippen LogP contribution in [-0.2, 0) is 4.74 Å². The van der Waals surface area contributed by atoms with Gasteiger partial charge >= 0.3 is 0 Å². The molecule has 6 heteroatoms. The highest BCUT2D eigenvalue weighted by molar-refractivity contribution is 5.56. The smallest absolute Gasteiger partial charge is 0.160 e. The molecule has 0 atom stereocenters. The van der Waals surface area contributed by atoms with Gasteiger partial charge in [-0.25, -0.2) is 4.98 Å². The molecular formula is C17H26N4O2. The van der Waals surface area contributed by atoms with E-state index >= 15 is 0 Å². The van der Waals surface area contributed by atoms with E-state index in [4.69, 9.17) is 4.74 Å². The average molecular weight is 318 g/mol. The number of aliphatic hydroxyl groups is 1. The average Bonchev–Trinajstić information content (AvgIpc) is 2.83. The number of hydrogen-bond acceptors (Lipinski definition) is 5. The minimum Gasteiger partial charge on any atom is -0.396 e. The van der Waals surface area contributed by atoms with Crippen LogP contribution in [-0.4, -0.2) is 53.1 Å². The lowest BCUT2D eigenvalue weighted by atomic mass is 9.80. The van der Waals surface area contributed by atoms with Crippen LogP contribution in [0.3, 0.4) is 0 Å². The predicted octanol–water partition coefficient (Wildman–Crippen LogP) is 1.88. The maximum atomic E-state index is 9.94. The van der Waals surface area contributed by atoms with E-state index in [0.717, 1.165) is 61.0 Å². The maximum Gasteiger partial charge on any atom is 0.160 e. The van der Waals surface area contributed by atoms with Crippen molar-refractivity contribution in [2.75, 3.05) is 38.3 Å². The predicted molar refractivity (Wildman–Crippen MR) is 90.0 cm³/mol. The summed E-state index contributed by atoms with van der Waals surface area (Å²) in [6.45, 7) is 8.49. The van der Waals surface area contributed by atoms with Gasteiger partial charge in [0.15, 0.2) is 5.65 Å². The van der Waals surface area contributed by atoms with Crippen molar-refractivity contribution < 1.29 is 9.84 Å². The topological polar surface area (TPSA) is 62.9 Å². The monoisotopic (exact) mass is 318 g/mol. The molecule has 0 unspecified atom stereocenters. The fourth-order valence-electron chi connectivity index (χ4n) is 3.36. The summed E-state index contributed by atoms with van der Waals surface area (Å²) in [5.41, 5.74) is 3.90. The Labute approximate surface area is 137 Å². The number of fused-ring (bicyclic) bond motifs is 1. The molecule has 0 bridgehead atoms. The van der Waals surface area contributed by atoms with Gasteiger partial charge in [-0.1, -0.05) is 0 Å². The van der Waals surface area contributed by atoms with Gasteiger partial charge in [0.05, 0.1) is 12.3 Å². The van der Waals surface area contributed by atoms with Crippen molar-refractivity contribution in [3.05, 3.63) is 23.0 Å². The molecule has 3 heterocycles. The minimum atomic E-state index is -0.103. The van der Waals surface area contributed by atoms with E-state index < -0.39 is 0 Å². The minimum absolute atomic E-state index is 0.103. The maximum absolute atomic E-state index is 9.94. The van der Waals surface area contributed by atoms with E-state index in [0.29, 0.717) is 0 Å². The summed E-state index contributed by atoms with van der Waals surface area (Å²) < 4.78 is 7.38. The molecule has 0 saturated carbocycles. The number of aromatic nitrogens is 3. The van der Waals surface area contributed by atoms with Crippen molar-refractivity contribution in [3.63, 3.8) is 0 Å². The van der Waals surface area contributed by atoms with Gasteiger partial charge in [0.25, 0.3) is 0 Å². The first-order valence-corrected chi connectivity index (χ1v) is 8.19. The summed E-state index contributed by atoms with van der Waals surface area (Å²) in [6, 6.07) is 2.06. The van der Waals surface area contributed by atoms with Crippen LogP contribution >= 0.6 is 0 Å². The Balaban J connectivity index is 1.97. The third kappa shape index (κ3) is 2.93. The number of ether oxygens (including phenoxy) is 1. The lowest BCUT2D eigenvalue weighted by molar-refractivity contribution is -0.0114. The van der Waals surface area contributed by atoms with Crippen LogP contribution in [0.4, 0.5) is 5.82 Å². The van der Waals surface area contributed by atoms with Crippen LogP contribution in [0, 0.1) is 26.2 Å². The largest absolute Gasteiger partial charge is 0.396 e. The summed E-state index contributed by atoms with van der Waals surface area (Å²) in [5.74, 6) is 1.02. The molecule has 3 rings (SSSR count). The normalized spacial score (nSPS) is 17.6. The summed E-state index contributed by atoms with van der Waals surface area (Å²) in [6.07, 6.45) is 1.77. The fraction of sp³-hybridized carbons (Fsp3) is 0.647. The standard InChI is InChI=1S/C17H26N4O2/c1-12-9-15(21-16(18-12)13(2)14(3)19-21)20(4)10-17(11-22)5-7-23-8-6-17/h9,22H,5-8,10-11H2,1-4H3. The number of anilines is 1. The Morgan fingerprint density at radius 3 is 2.65 bits per heavy atom. The third-order valence-corrected chi connectivity index (χ3v) is 5.02. The van der Waals surface area contributed by atoms with E-state index in [9.17, 15) is 5.11 Å². The van der Waals surface area contributed by atoms with Crippen LogP contribution in [0.1, 0.15) is 29.8 Å². The van der Waals surface area contributed by atoms with Gasteiger partial charge in [0, 0.05) is 49.5 Å². The number of hydrogen-bond donors (Lipinski definition) is 1. The zero-order valence-corrected chi connectivity index (χ0v) is 14.5. The highest BCUT2D eigenvalue weighted by Crippen LogP contribution is 2.32. The summed E-state index contributed by atoms with van der Waals surface area (Å²) in [7, 11) is 2.06. The van der Waals surface area contributed by atoms with E-state index in [1.807, 2.05) is 18.4 Å². The zero-order chi connectivity index (χ0) is 16.6. The molecular weight excluding hydrogens is 292 g/mol. The molecule has 1 saturated heterocycles. The van der Waals surface area contributed by atoms with E-state index in [1.54, 1.807) is 0 Å². The lowest BCUT2D eigenvalue weighted by Crippen LogP contribution is -2.43. The number of aliphatic hydroxyl groups excluding tert-OH is 1. The number of aryl methyl sites for hydroxylation is 3. The van der Waals surface area contributed by atoms with Gasteiger partial charge in [-0.3, -0.25) is 0 Å². The van der Waals surface area contributed by atoms with Gasteiger partial charge in [-0.05, 0) is 33.6 Å². The van der Waals surface area contributed by atoms with Crippen LogP contribution in [0.25, 0.3) is 5.65 Å². The third-order valence-electron chi connectivity index (χ3n) is 5.02. The summed E-state index contributed by atoms with van der Waals surface area (Å²) in [4.78, 5) is 6.82. The number of rotatable bonds is 4. The molecule has 6 nitrogen and oxygen atoms in total. The first-order chi connectivity index (χ1) is 11.0. The quantitative estimate of drug-likeness (QED) is 0.932. The lowest BCUT2D eigenvalue weighted by Gasteiger charge is -2.39. The molecule has 0 aromatic carbocycles. The fourth-order valence-corrected chi connectivity index (χ4v) is 3.36. The van der Waals surface area contributed by atoms with Crippen molar-refractivity contribution in [1.29, 1.82) is 0 Å². The molecule has 0 radical (unpaired) electrons. The van der Waals surface area contributed by atoms with Crippen molar-refractivity contribution in [1.82, 2.24) is 14.6 Å². The molecule has 0 amide bonds. The molecule has 1 aliphatic rings. The molecule has 1 aliphatic heterocycles. The van der Waals surface area contributed by atoms with Crippen molar-refractivity contribution in [2.24, 2.45) is 5.41 Å². The van der Waals surface area contributed by atoms with E-state index in [1.165, 1.54) is 0 Å². The molecule has 2 aromatic rings. The second-order valence-corrected chi connectivity index (χ2v) is 6.83. The van der Waals surface area contributed by atoms with Gasteiger partial charge in [-0.2, -0.15) is 9.61 Å². The van der Waals surface area contributed by atoms with Crippen LogP contribution in [0.2, 0.25) is 0 Å². The Bertz CT molecular complexity index is 704. The zero-order valence-electron chi connectivity index (χ0n) is 14.5. The molecule has 126 valence electrons. The Kier molecular flexibility index (Phi) is 4.29. The van der Waals surface area contributed by atoms with Crippen LogP contribution in [0.5, 0.6) is 0 Å². The van der Waals surface area contributed by atoms with E-state index in [2.05, 4.69) is 35.0 Å². The van der Waals surface area contributed by atoms with Gasteiger partial charge in [0.2, 0.25) is 0 Å². The Hall–Kier alpha value is -1.66. The molecule has 1 N–H and O–H groups in total. The highest BCUT2D eigenvalue weighted by atomic mass is 16.5. The highest BCUT2D eigenvalue weighted by Gasteiger charge is 2.34. The molecule has 2 aromatic heterocycles. The Morgan fingerprint density at radius 1 is 1.30 bits per heavy atom. The van der Waals surface area contributed by atoms with Gasteiger partial charge < -0.3 is 14.7 Å². The molecule has 23 heavy (non-hydrogen) atoms. The van der Waals surface area contributed by atoms with Crippen LogP contribution in [0.15, 0.2) is 6.07 Å². The van der Waals surface area contributed by atoms with Crippen molar-refractivity contribution in [2.45, 2.75) is 33.6 Å². The molecule has 0 spiro atoms. The van der Waals surface area contributed by atoms with Gasteiger partial charge in [0.1, 0.15) is 5.82 Å². The van der Waals surface area contributed by atoms with Crippen molar-refractivity contribution >= 4 is 11.5 Å². The first-order valence-electron chi connectivity index (χ1n) is 8.19. The van der Waals surface area contributed by atoms with E-state index in [-0.39, 0.29) is 12.0 Å². The van der Waals surface area contributed by atoms with Crippen LogP contribution < -0.4 is 4.90 Å². The number of nitrogens with zero attached hydrogens (tertiary/aromatic N) is 4. The van der Waals surface area contributed by atoms with Gasteiger partial charge in [-0.15, -0.1) is 0 Å². The second kappa shape index (κ2) is 6.09. The molecule has 0 aliphatic carbocycles. The second-order valence-electron chi connectivity index (χ2n) is 6.83. The molecule has 1 fully saturated rings.